The molecular formula is C22H20BrNO3. The second-order valence-corrected chi connectivity index (χ2v) is 8.25. The highest BCUT2D eigenvalue weighted by atomic mass is 79.9. The molecule has 0 saturated carbocycles. The lowest BCUT2D eigenvalue weighted by Gasteiger charge is -2.16. The van der Waals surface area contributed by atoms with Crippen LogP contribution in [0.25, 0.3) is 22.2 Å². The van der Waals surface area contributed by atoms with Crippen LogP contribution in [0, 0.1) is 5.41 Å². The molecule has 27 heavy (non-hydrogen) atoms. The van der Waals surface area contributed by atoms with Gasteiger partial charge >= 0.3 is 5.97 Å². The van der Waals surface area contributed by atoms with Crippen molar-refractivity contribution in [2.75, 3.05) is 6.61 Å². The van der Waals surface area contributed by atoms with Gasteiger partial charge in [-0.2, -0.15) is 0 Å². The van der Waals surface area contributed by atoms with Crippen LogP contribution in [0.1, 0.15) is 31.1 Å². The van der Waals surface area contributed by atoms with Crippen LogP contribution in [0.3, 0.4) is 0 Å². The van der Waals surface area contributed by atoms with Crippen LogP contribution in [-0.2, 0) is 9.53 Å². The third-order valence-corrected chi connectivity index (χ3v) is 4.72. The summed E-state index contributed by atoms with van der Waals surface area (Å²) in [5.74, 6) is -0.649. The van der Waals surface area contributed by atoms with E-state index in [4.69, 9.17) is 4.74 Å². The summed E-state index contributed by atoms with van der Waals surface area (Å²) in [7, 11) is 0. The number of fused-ring (bicyclic) bond motifs is 1. The van der Waals surface area contributed by atoms with E-state index in [0.717, 1.165) is 10.0 Å². The van der Waals surface area contributed by atoms with E-state index >= 15 is 0 Å². The fourth-order valence-electron chi connectivity index (χ4n) is 2.57. The molecule has 0 atom stereocenters. The van der Waals surface area contributed by atoms with Crippen molar-refractivity contribution in [3.05, 3.63) is 64.6 Å². The molecular weight excluding hydrogens is 406 g/mol. The number of para-hydroxylation sites is 1. The maximum absolute atomic E-state index is 12.7. The average molecular weight is 426 g/mol. The topological polar surface area (TPSA) is 56.3 Å². The van der Waals surface area contributed by atoms with Crippen LogP contribution in [0.15, 0.2) is 59.1 Å². The molecule has 1 aromatic heterocycles. The Morgan fingerprint density at radius 3 is 2.48 bits per heavy atom. The minimum absolute atomic E-state index is 0.124. The normalized spacial score (nSPS) is 11.4. The van der Waals surface area contributed by atoms with E-state index in [-0.39, 0.29) is 12.4 Å². The van der Waals surface area contributed by atoms with Gasteiger partial charge in [0.1, 0.15) is 0 Å². The Bertz CT molecular complexity index is 1020. The Kier molecular flexibility index (Phi) is 5.42. The number of esters is 1. The Balaban J connectivity index is 2.01. The minimum Gasteiger partial charge on any atom is -0.454 e. The van der Waals surface area contributed by atoms with Crippen molar-refractivity contribution < 1.29 is 14.3 Å². The van der Waals surface area contributed by atoms with Gasteiger partial charge in [0.25, 0.3) is 0 Å². The zero-order chi connectivity index (χ0) is 19.6. The lowest BCUT2D eigenvalue weighted by Crippen LogP contribution is -2.26. The monoisotopic (exact) mass is 425 g/mol. The number of Topliss-reactive ketones (excluding diaryl/α,β-unsaturated/α-hetero) is 1. The largest absolute Gasteiger partial charge is 0.454 e. The SMILES string of the molecule is CC(C)(C)C(=O)COC(=O)c1cc(-c2cccc(Br)c2)nc2ccccc12. The van der Waals surface area contributed by atoms with Gasteiger partial charge in [0.2, 0.25) is 0 Å². The van der Waals surface area contributed by atoms with Gasteiger partial charge in [-0.05, 0) is 24.3 Å². The van der Waals surface area contributed by atoms with Crippen molar-refractivity contribution in [2.24, 2.45) is 5.41 Å². The molecule has 0 fully saturated rings. The first kappa shape index (κ1) is 19.2. The van der Waals surface area contributed by atoms with Crippen LogP contribution in [0.5, 0.6) is 0 Å². The van der Waals surface area contributed by atoms with Crippen LogP contribution in [-0.4, -0.2) is 23.3 Å². The Morgan fingerprint density at radius 2 is 1.78 bits per heavy atom. The molecule has 0 aliphatic carbocycles. The van der Waals surface area contributed by atoms with E-state index in [1.807, 2.05) is 48.5 Å². The van der Waals surface area contributed by atoms with Crippen LogP contribution in [0.2, 0.25) is 0 Å². The van der Waals surface area contributed by atoms with Gasteiger partial charge in [-0.3, -0.25) is 4.79 Å². The van der Waals surface area contributed by atoms with Crippen molar-refractivity contribution in [3.63, 3.8) is 0 Å². The first-order valence-electron chi connectivity index (χ1n) is 8.62. The summed E-state index contributed by atoms with van der Waals surface area (Å²) < 4.78 is 6.24. The summed E-state index contributed by atoms with van der Waals surface area (Å²) in [6.07, 6.45) is 0. The van der Waals surface area contributed by atoms with Crippen LogP contribution >= 0.6 is 15.9 Å². The minimum atomic E-state index is -0.554. The number of rotatable bonds is 4. The molecule has 4 nitrogen and oxygen atoms in total. The number of halogens is 1. The predicted octanol–water partition coefficient (Wildman–Crippen LogP) is 5.44. The number of ether oxygens (including phenoxy) is 1. The summed E-state index contributed by atoms with van der Waals surface area (Å²) in [6.45, 7) is 5.16. The lowest BCUT2D eigenvalue weighted by molar-refractivity contribution is -0.129. The molecule has 2 aromatic carbocycles. The predicted molar refractivity (Wildman–Crippen MR) is 110 cm³/mol. The fraction of sp³-hybridized carbons (Fsp3) is 0.227. The number of ketones is 1. The van der Waals surface area contributed by atoms with Crippen LogP contribution in [0.4, 0.5) is 0 Å². The van der Waals surface area contributed by atoms with E-state index in [0.29, 0.717) is 22.2 Å². The highest BCUT2D eigenvalue weighted by Crippen LogP contribution is 2.27. The number of carbonyl (C=O) groups is 2. The average Bonchev–Trinajstić information content (AvgIpc) is 2.64. The van der Waals surface area contributed by atoms with Gasteiger partial charge in [0, 0.05) is 20.8 Å². The number of aromatic nitrogens is 1. The zero-order valence-corrected chi connectivity index (χ0v) is 17.0. The summed E-state index contributed by atoms with van der Waals surface area (Å²) in [6, 6.07) is 16.8. The summed E-state index contributed by atoms with van der Waals surface area (Å²) in [4.78, 5) is 29.5. The molecule has 0 bridgehead atoms. The van der Waals surface area contributed by atoms with Crippen molar-refractivity contribution in [3.8, 4) is 11.3 Å². The van der Waals surface area contributed by atoms with Crippen molar-refractivity contribution >= 4 is 38.6 Å². The van der Waals surface area contributed by atoms with Gasteiger partial charge < -0.3 is 4.74 Å². The maximum atomic E-state index is 12.7. The van der Waals surface area contributed by atoms with E-state index in [9.17, 15) is 9.59 Å². The van der Waals surface area contributed by atoms with E-state index in [2.05, 4.69) is 20.9 Å². The van der Waals surface area contributed by atoms with Gasteiger partial charge in [0.15, 0.2) is 12.4 Å². The third kappa shape index (κ3) is 4.42. The summed E-state index contributed by atoms with van der Waals surface area (Å²) >= 11 is 3.46. The lowest BCUT2D eigenvalue weighted by atomic mass is 9.91. The molecule has 3 aromatic rings. The first-order chi connectivity index (χ1) is 12.8. The number of pyridine rings is 1. The van der Waals surface area contributed by atoms with E-state index < -0.39 is 11.4 Å². The summed E-state index contributed by atoms with van der Waals surface area (Å²) in [5.41, 5.74) is 2.10. The molecule has 1 heterocycles. The Hall–Kier alpha value is -2.53. The number of carbonyl (C=O) groups excluding carboxylic acids is 2. The Labute approximate surface area is 166 Å². The van der Waals surface area contributed by atoms with Gasteiger partial charge in [-0.15, -0.1) is 0 Å². The Morgan fingerprint density at radius 1 is 1.04 bits per heavy atom. The molecule has 0 amide bonds. The number of nitrogens with zero attached hydrogens (tertiary/aromatic N) is 1. The molecule has 0 aliphatic rings. The molecule has 0 N–H and O–H groups in total. The molecule has 0 aliphatic heterocycles. The molecule has 138 valence electrons. The highest BCUT2D eigenvalue weighted by molar-refractivity contribution is 9.10. The molecule has 0 spiro atoms. The number of hydrogen-bond acceptors (Lipinski definition) is 4. The van der Waals surface area contributed by atoms with Gasteiger partial charge in [-0.1, -0.05) is 67.0 Å². The molecule has 0 unspecified atom stereocenters. The third-order valence-electron chi connectivity index (χ3n) is 4.23. The van der Waals surface area contributed by atoms with Crippen molar-refractivity contribution in [2.45, 2.75) is 20.8 Å². The number of benzene rings is 2. The van der Waals surface area contributed by atoms with Crippen LogP contribution < -0.4 is 0 Å². The summed E-state index contributed by atoms with van der Waals surface area (Å²) in [5, 5.41) is 0.699. The number of hydrogen-bond donors (Lipinski definition) is 0. The fourth-order valence-corrected chi connectivity index (χ4v) is 2.96. The van der Waals surface area contributed by atoms with E-state index in [1.54, 1.807) is 26.8 Å². The van der Waals surface area contributed by atoms with Crippen molar-refractivity contribution in [1.82, 2.24) is 4.98 Å². The van der Waals surface area contributed by atoms with Crippen molar-refractivity contribution in [1.29, 1.82) is 0 Å². The quantitative estimate of drug-likeness (QED) is 0.522. The highest BCUT2D eigenvalue weighted by Gasteiger charge is 2.23. The molecule has 0 radical (unpaired) electrons. The second kappa shape index (κ2) is 7.61. The van der Waals surface area contributed by atoms with Gasteiger partial charge in [0.05, 0.1) is 16.8 Å². The molecule has 5 heteroatoms. The van der Waals surface area contributed by atoms with Gasteiger partial charge in [-0.25, -0.2) is 9.78 Å². The second-order valence-electron chi connectivity index (χ2n) is 7.33. The molecule has 0 saturated heterocycles. The maximum Gasteiger partial charge on any atom is 0.339 e. The van der Waals surface area contributed by atoms with E-state index in [1.165, 1.54) is 0 Å². The smallest absolute Gasteiger partial charge is 0.339 e. The zero-order valence-electron chi connectivity index (χ0n) is 15.5. The molecule has 3 rings (SSSR count). The standard InChI is InChI=1S/C22H20BrNO3/c1-22(2,3)20(25)13-27-21(26)17-12-19(14-7-6-8-15(23)11-14)24-18-10-5-4-9-16(17)18/h4-12H,13H2,1-3H3. The first-order valence-corrected chi connectivity index (χ1v) is 9.41.